The molecule has 0 amide bonds. The van der Waals surface area contributed by atoms with E-state index in [-0.39, 0.29) is 21.8 Å². The molecule has 0 aromatic heterocycles. The molecule has 0 aliphatic rings. The normalized spacial score (nSPS) is 12.0. The first-order valence-corrected chi connectivity index (χ1v) is 7.72. The molecule has 6 heteroatoms. The molecule has 110 valence electrons. The van der Waals surface area contributed by atoms with E-state index in [0.29, 0.717) is 0 Å². The molecule has 0 fully saturated rings. The fraction of sp³-hybridized carbons (Fsp3) is 0.133. The van der Waals surface area contributed by atoms with Gasteiger partial charge in [-0.3, -0.25) is 0 Å². The largest absolute Gasteiger partial charge is 0.478 e. The first-order valence-electron chi connectivity index (χ1n) is 6.13. The third kappa shape index (κ3) is 3.63. The fourth-order valence-electron chi connectivity index (χ4n) is 1.89. The second kappa shape index (κ2) is 6.58. The highest BCUT2D eigenvalue weighted by molar-refractivity contribution is 9.10. The highest BCUT2D eigenvalue weighted by atomic mass is 79.9. The van der Waals surface area contributed by atoms with Crippen LogP contribution in [0.25, 0.3) is 0 Å². The number of anilines is 1. The third-order valence-electron chi connectivity index (χ3n) is 3.05. The van der Waals surface area contributed by atoms with Crippen molar-refractivity contribution < 1.29 is 14.3 Å². The van der Waals surface area contributed by atoms with E-state index >= 15 is 0 Å². The van der Waals surface area contributed by atoms with Crippen LogP contribution in [0.5, 0.6) is 0 Å². The monoisotopic (exact) mass is 415 g/mol. The van der Waals surface area contributed by atoms with Crippen LogP contribution in [0, 0.1) is 5.82 Å². The molecule has 2 N–H and O–H groups in total. The van der Waals surface area contributed by atoms with Gasteiger partial charge in [-0.05, 0) is 52.7 Å². The number of carbonyl (C=O) groups is 1. The van der Waals surface area contributed by atoms with Gasteiger partial charge in [0.2, 0.25) is 0 Å². The standard InChI is InChI=1S/C15H12Br2FNO2/c1-8(9-2-4-10(16)5-3-9)19-12-7-6-11(15(20)21)13(17)14(12)18/h2-8,19H,1H3,(H,20,21). The smallest absolute Gasteiger partial charge is 0.336 e. The van der Waals surface area contributed by atoms with Gasteiger partial charge in [0.15, 0.2) is 5.82 Å². The van der Waals surface area contributed by atoms with E-state index in [1.165, 1.54) is 12.1 Å². The Bertz CT molecular complexity index is 674. The van der Waals surface area contributed by atoms with Gasteiger partial charge in [-0.2, -0.15) is 0 Å². The van der Waals surface area contributed by atoms with Crippen molar-refractivity contribution in [1.82, 2.24) is 0 Å². The molecule has 21 heavy (non-hydrogen) atoms. The van der Waals surface area contributed by atoms with Crippen LogP contribution < -0.4 is 5.32 Å². The molecule has 1 atom stereocenters. The Morgan fingerprint density at radius 3 is 2.38 bits per heavy atom. The molecule has 2 aromatic rings. The van der Waals surface area contributed by atoms with E-state index in [0.717, 1.165) is 10.0 Å². The summed E-state index contributed by atoms with van der Waals surface area (Å²) in [7, 11) is 0. The van der Waals surface area contributed by atoms with Crippen molar-refractivity contribution in [3.05, 3.63) is 62.3 Å². The Balaban J connectivity index is 2.25. The van der Waals surface area contributed by atoms with Crippen molar-refractivity contribution in [2.24, 2.45) is 0 Å². The fourth-order valence-corrected chi connectivity index (χ4v) is 2.67. The van der Waals surface area contributed by atoms with Gasteiger partial charge in [0.1, 0.15) is 0 Å². The molecule has 0 saturated carbocycles. The predicted molar refractivity (Wildman–Crippen MR) is 87.2 cm³/mol. The number of rotatable bonds is 4. The Morgan fingerprint density at radius 1 is 1.19 bits per heavy atom. The zero-order chi connectivity index (χ0) is 15.6. The van der Waals surface area contributed by atoms with Crippen molar-refractivity contribution in [3.8, 4) is 0 Å². The first kappa shape index (κ1) is 16.0. The first-order chi connectivity index (χ1) is 9.90. The van der Waals surface area contributed by atoms with Crippen LogP contribution in [0.1, 0.15) is 28.9 Å². The minimum absolute atomic E-state index is 0.0528. The number of carboxylic acid groups (broad SMARTS) is 1. The zero-order valence-corrected chi connectivity index (χ0v) is 14.2. The lowest BCUT2D eigenvalue weighted by Crippen LogP contribution is -2.09. The summed E-state index contributed by atoms with van der Waals surface area (Å²) in [5.74, 6) is -1.79. The van der Waals surface area contributed by atoms with Crippen molar-refractivity contribution >= 4 is 43.5 Å². The van der Waals surface area contributed by atoms with Gasteiger partial charge in [0, 0.05) is 10.5 Å². The molecule has 1 unspecified atom stereocenters. The van der Waals surface area contributed by atoms with Crippen molar-refractivity contribution in [2.45, 2.75) is 13.0 Å². The van der Waals surface area contributed by atoms with E-state index in [2.05, 4.69) is 37.2 Å². The van der Waals surface area contributed by atoms with Crippen molar-refractivity contribution in [1.29, 1.82) is 0 Å². The number of nitrogens with one attached hydrogen (secondary N) is 1. The molecule has 3 nitrogen and oxygen atoms in total. The summed E-state index contributed by atoms with van der Waals surface area (Å²) >= 11 is 6.35. The Hall–Kier alpha value is -1.40. The third-order valence-corrected chi connectivity index (χ3v) is 4.36. The van der Waals surface area contributed by atoms with Gasteiger partial charge >= 0.3 is 5.97 Å². The zero-order valence-electron chi connectivity index (χ0n) is 11.0. The van der Waals surface area contributed by atoms with Crippen LogP contribution in [-0.2, 0) is 0 Å². The topological polar surface area (TPSA) is 49.3 Å². The summed E-state index contributed by atoms with van der Waals surface area (Å²) in [6.45, 7) is 1.90. The van der Waals surface area contributed by atoms with Gasteiger partial charge in [-0.15, -0.1) is 0 Å². The molecule has 2 rings (SSSR count). The van der Waals surface area contributed by atoms with Crippen LogP contribution >= 0.6 is 31.9 Å². The SMILES string of the molecule is CC(Nc1ccc(C(=O)O)c(Br)c1F)c1ccc(Br)cc1. The average molecular weight is 417 g/mol. The Labute approximate surface area is 138 Å². The highest BCUT2D eigenvalue weighted by Crippen LogP contribution is 2.29. The van der Waals surface area contributed by atoms with E-state index in [4.69, 9.17) is 5.11 Å². The molecule has 0 spiro atoms. The van der Waals surface area contributed by atoms with Gasteiger partial charge in [0.25, 0.3) is 0 Å². The minimum atomic E-state index is -1.17. The Morgan fingerprint density at radius 2 is 1.81 bits per heavy atom. The molecule has 0 radical (unpaired) electrons. The number of aromatic carboxylic acids is 1. The predicted octanol–water partition coefficient (Wildman–Crippen LogP) is 5.22. The number of benzene rings is 2. The average Bonchev–Trinajstić information content (AvgIpc) is 2.44. The second-order valence-electron chi connectivity index (χ2n) is 4.51. The van der Waals surface area contributed by atoms with E-state index in [9.17, 15) is 9.18 Å². The van der Waals surface area contributed by atoms with Crippen molar-refractivity contribution in [2.75, 3.05) is 5.32 Å². The molecule has 0 aliphatic heterocycles. The van der Waals surface area contributed by atoms with E-state index in [1.807, 2.05) is 31.2 Å². The summed E-state index contributed by atoms with van der Waals surface area (Å²) in [4.78, 5) is 10.9. The second-order valence-corrected chi connectivity index (χ2v) is 6.22. The minimum Gasteiger partial charge on any atom is -0.478 e. The lowest BCUT2D eigenvalue weighted by molar-refractivity contribution is 0.0695. The van der Waals surface area contributed by atoms with Crippen LogP contribution in [0.15, 0.2) is 45.3 Å². The summed E-state index contributed by atoms with van der Waals surface area (Å²) in [6, 6.07) is 10.4. The highest BCUT2D eigenvalue weighted by Gasteiger charge is 2.17. The molecule has 0 saturated heterocycles. The van der Waals surface area contributed by atoms with Gasteiger partial charge < -0.3 is 10.4 Å². The summed E-state index contributed by atoms with van der Waals surface area (Å²) in [5, 5.41) is 12.0. The van der Waals surface area contributed by atoms with E-state index < -0.39 is 11.8 Å². The van der Waals surface area contributed by atoms with Crippen LogP contribution in [0.2, 0.25) is 0 Å². The maximum absolute atomic E-state index is 14.2. The number of hydrogen-bond acceptors (Lipinski definition) is 2. The van der Waals surface area contributed by atoms with Gasteiger partial charge in [-0.1, -0.05) is 28.1 Å². The van der Waals surface area contributed by atoms with Crippen LogP contribution in [0.4, 0.5) is 10.1 Å². The Kier molecular flexibility index (Phi) is 5.00. The van der Waals surface area contributed by atoms with Gasteiger partial charge in [0.05, 0.1) is 15.7 Å². The summed E-state index contributed by atoms with van der Waals surface area (Å²) < 4.78 is 15.1. The molecule has 0 heterocycles. The molecule has 2 aromatic carbocycles. The molecular weight excluding hydrogens is 405 g/mol. The number of carboxylic acids is 1. The number of hydrogen-bond donors (Lipinski definition) is 2. The number of halogens is 3. The lowest BCUT2D eigenvalue weighted by Gasteiger charge is -2.17. The van der Waals surface area contributed by atoms with E-state index in [1.54, 1.807) is 0 Å². The quantitative estimate of drug-likeness (QED) is 0.718. The summed E-state index contributed by atoms with van der Waals surface area (Å²) in [6.07, 6.45) is 0. The van der Waals surface area contributed by atoms with Crippen molar-refractivity contribution in [3.63, 3.8) is 0 Å². The maximum Gasteiger partial charge on any atom is 0.336 e. The maximum atomic E-state index is 14.2. The lowest BCUT2D eigenvalue weighted by atomic mass is 10.1. The van der Waals surface area contributed by atoms with Crippen LogP contribution in [-0.4, -0.2) is 11.1 Å². The molecule has 0 bridgehead atoms. The van der Waals surface area contributed by atoms with Crippen LogP contribution in [0.3, 0.4) is 0 Å². The summed E-state index contributed by atoms with van der Waals surface area (Å²) in [5.41, 5.74) is 1.15. The van der Waals surface area contributed by atoms with Gasteiger partial charge in [-0.25, -0.2) is 9.18 Å². The molecular formula is C15H12Br2FNO2. The molecule has 0 aliphatic carbocycles.